The van der Waals surface area contributed by atoms with Gasteiger partial charge in [0.15, 0.2) is 28.1 Å². The molecule has 0 aliphatic rings. The highest BCUT2D eigenvalue weighted by molar-refractivity contribution is 7.14. The summed E-state index contributed by atoms with van der Waals surface area (Å²) in [7, 11) is 2.67. The van der Waals surface area contributed by atoms with Crippen molar-refractivity contribution in [1.29, 1.82) is 0 Å². The van der Waals surface area contributed by atoms with E-state index in [0.717, 1.165) is 32.6 Å². The van der Waals surface area contributed by atoms with Crippen molar-refractivity contribution in [2.24, 2.45) is 14.1 Å². The third-order valence-corrected chi connectivity index (χ3v) is 5.44. The fraction of sp³-hybridized carbons (Fsp3) is 0.211. The number of hydrogen-bond donors (Lipinski definition) is 1. The first-order valence-corrected chi connectivity index (χ1v) is 10.2. The summed E-state index contributed by atoms with van der Waals surface area (Å²) in [5, 5.41) is 7.67. The summed E-state index contributed by atoms with van der Waals surface area (Å²) in [5.74, 6) is -2.91. The molecule has 0 spiro atoms. The first kappa shape index (κ1) is 23.2. The van der Waals surface area contributed by atoms with E-state index in [1.807, 2.05) is 0 Å². The number of nitrogens with one attached hydrogen (secondary N) is 1. The minimum atomic E-state index is -5.07. The lowest BCUT2D eigenvalue weighted by Crippen LogP contribution is -2.37. The average molecular weight is 499 g/mol. The lowest BCUT2D eigenvalue weighted by molar-refractivity contribution is -0.275. The van der Waals surface area contributed by atoms with E-state index in [1.165, 1.54) is 25.5 Å². The second-order valence-corrected chi connectivity index (χ2v) is 7.82. The number of fused-ring (bicyclic) bond motifs is 1. The summed E-state index contributed by atoms with van der Waals surface area (Å²) in [6.07, 6.45) is -5.47. The Balaban J connectivity index is 1.54. The van der Waals surface area contributed by atoms with Gasteiger partial charge in [-0.25, -0.2) is 14.2 Å². The summed E-state index contributed by atoms with van der Waals surface area (Å²) < 4.78 is 61.7. The number of aromatic nitrogens is 4. The monoisotopic (exact) mass is 499 g/mol. The molecule has 4 rings (SSSR count). The molecule has 34 heavy (non-hydrogen) atoms. The molecule has 1 amide bonds. The van der Waals surface area contributed by atoms with Gasteiger partial charge in [-0.15, -0.1) is 24.5 Å². The second kappa shape index (κ2) is 8.40. The number of nitrogens with zero attached hydrogens (tertiary/aromatic N) is 4. The lowest BCUT2D eigenvalue weighted by atomic mass is 10.1. The van der Waals surface area contributed by atoms with E-state index in [0.29, 0.717) is 0 Å². The van der Waals surface area contributed by atoms with Crippen molar-refractivity contribution < 1.29 is 31.6 Å². The lowest BCUT2D eigenvalue weighted by Gasteiger charge is -2.10. The molecular formula is C19H13F4N5O5S. The second-order valence-electron chi connectivity index (χ2n) is 6.97. The molecule has 3 aromatic heterocycles. The summed E-state index contributed by atoms with van der Waals surface area (Å²) >= 11 is 0.965. The smallest absolute Gasteiger partial charge is 0.403 e. The number of halogens is 4. The average Bonchev–Trinajstić information content (AvgIpc) is 3.38. The Morgan fingerprint density at radius 2 is 1.97 bits per heavy atom. The maximum Gasteiger partial charge on any atom is 0.573 e. The Hall–Kier alpha value is -4.01. The van der Waals surface area contributed by atoms with Crippen LogP contribution in [0.2, 0.25) is 0 Å². The molecule has 1 aromatic carbocycles. The van der Waals surface area contributed by atoms with Crippen LogP contribution in [0.5, 0.6) is 5.75 Å². The largest absolute Gasteiger partial charge is 0.573 e. The van der Waals surface area contributed by atoms with Gasteiger partial charge in [-0.2, -0.15) is 0 Å². The number of carbonyl (C=O) groups is 1. The molecule has 0 saturated heterocycles. The molecule has 0 saturated carbocycles. The van der Waals surface area contributed by atoms with E-state index >= 15 is 0 Å². The number of carbonyl (C=O) groups excluding carboxylic acids is 1. The number of rotatable bonds is 5. The standard InChI is InChI=1S/C19H13F4N5O5S/c1-27-15-14(16(30)28(2)18(27)31)12(33-26-15)6-13(29)25-17-24-10(7-34-17)8-3-4-9(20)11(5-8)32-19(21,22)23/h3-5,7H,6H2,1-2H3,(H,24,25,29). The van der Waals surface area contributed by atoms with Crippen LogP contribution in [-0.2, 0) is 25.3 Å². The molecule has 0 unspecified atom stereocenters. The summed E-state index contributed by atoms with van der Waals surface area (Å²) in [6.45, 7) is 0. The van der Waals surface area contributed by atoms with Crippen molar-refractivity contribution >= 4 is 33.4 Å². The van der Waals surface area contributed by atoms with Crippen LogP contribution in [0, 0.1) is 5.82 Å². The van der Waals surface area contributed by atoms with Gasteiger partial charge in [-0.3, -0.25) is 18.7 Å². The zero-order valence-corrected chi connectivity index (χ0v) is 18.1. The van der Waals surface area contributed by atoms with E-state index < -0.39 is 41.5 Å². The highest BCUT2D eigenvalue weighted by atomic mass is 32.1. The van der Waals surface area contributed by atoms with Crippen molar-refractivity contribution in [3.05, 3.63) is 56.0 Å². The number of anilines is 1. The van der Waals surface area contributed by atoms with Crippen LogP contribution in [-0.4, -0.2) is 31.5 Å². The Labute approximate surface area is 190 Å². The van der Waals surface area contributed by atoms with Gasteiger partial charge < -0.3 is 14.6 Å². The van der Waals surface area contributed by atoms with Gasteiger partial charge >= 0.3 is 12.1 Å². The summed E-state index contributed by atoms with van der Waals surface area (Å²) in [6, 6.07) is 2.85. The minimum absolute atomic E-state index is 0.0133. The predicted molar refractivity (Wildman–Crippen MR) is 111 cm³/mol. The van der Waals surface area contributed by atoms with Crippen molar-refractivity contribution in [3.8, 4) is 17.0 Å². The number of ether oxygens (including phenoxy) is 1. The molecular weight excluding hydrogens is 486 g/mol. The van der Waals surface area contributed by atoms with Crippen LogP contribution in [0.1, 0.15) is 5.76 Å². The van der Waals surface area contributed by atoms with Gasteiger partial charge in [-0.05, 0) is 18.2 Å². The van der Waals surface area contributed by atoms with Gasteiger partial charge in [0.2, 0.25) is 5.91 Å². The quantitative estimate of drug-likeness (QED) is 0.419. The van der Waals surface area contributed by atoms with E-state index in [1.54, 1.807) is 0 Å². The number of amides is 1. The summed E-state index contributed by atoms with van der Waals surface area (Å²) in [5.41, 5.74) is -1.00. The molecule has 0 aliphatic heterocycles. The number of hydrogen-bond acceptors (Lipinski definition) is 8. The van der Waals surface area contributed by atoms with Gasteiger partial charge in [-0.1, -0.05) is 5.16 Å². The fourth-order valence-electron chi connectivity index (χ4n) is 3.09. The number of alkyl halides is 3. The normalized spacial score (nSPS) is 11.7. The van der Waals surface area contributed by atoms with Crippen LogP contribution in [0.15, 0.2) is 37.7 Å². The number of aryl methyl sites for hydroxylation is 1. The molecule has 15 heteroatoms. The Morgan fingerprint density at radius 3 is 2.68 bits per heavy atom. The van der Waals surface area contributed by atoms with E-state index in [2.05, 4.69) is 20.2 Å². The van der Waals surface area contributed by atoms with Crippen molar-refractivity contribution in [2.75, 3.05) is 5.32 Å². The Kier molecular flexibility index (Phi) is 5.72. The fourth-order valence-corrected chi connectivity index (χ4v) is 3.82. The minimum Gasteiger partial charge on any atom is -0.403 e. The van der Waals surface area contributed by atoms with Crippen LogP contribution >= 0.6 is 11.3 Å². The van der Waals surface area contributed by atoms with Crippen molar-refractivity contribution in [1.82, 2.24) is 19.3 Å². The SMILES string of the molecule is Cn1c(=O)c2c(CC(=O)Nc3nc(-c4ccc(F)c(OC(F)(F)F)c4)cs3)onc2n(C)c1=O. The maximum atomic E-state index is 13.6. The predicted octanol–water partition coefficient (Wildman–Crippen LogP) is 2.57. The van der Waals surface area contributed by atoms with Gasteiger partial charge in [0.1, 0.15) is 5.39 Å². The molecule has 178 valence electrons. The highest BCUT2D eigenvalue weighted by Gasteiger charge is 2.32. The van der Waals surface area contributed by atoms with E-state index in [-0.39, 0.29) is 33.2 Å². The zero-order chi connectivity index (χ0) is 24.8. The van der Waals surface area contributed by atoms with Crippen LogP contribution in [0.4, 0.5) is 22.7 Å². The molecule has 0 bridgehead atoms. The van der Waals surface area contributed by atoms with E-state index in [4.69, 9.17) is 4.52 Å². The van der Waals surface area contributed by atoms with Crippen LogP contribution in [0.3, 0.4) is 0 Å². The third kappa shape index (κ3) is 4.41. The van der Waals surface area contributed by atoms with Crippen LogP contribution in [0.25, 0.3) is 22.3 Å². The first-order valence-electron chi connectivity index (χ1n) is 9.30. The molecule has 10 nitrogen and oxygen atoms in total. The highest BCUT2D eigenvalue weighted by Crippen LogP contribution is 2.32. The molecule has 0 radical (unpaired) electrons. The molecule has 1 N–H and O–H groups in total. The molecule has 0 atom stereocenters. The molecule has 4 aromatic rings. The van der Waals surface area contributed by atoms with Gasteiger partial charge in [0, 0.05) is 25.0 Å². The maximum absolute atomic E-state index is 13.6. The first-order chi connectivity index (χ1) is 15.9. The van der Waals surface area contributed by atoms with Gasteiger partial charge in [0.25, 0.3) is 5.56 Å². The van der Waals surface area contributed by atoms with Gasteiger partial charge in [0.05, 0.1) is 12.1 Å². The van der Waals surface area contributed by atoms with E-state index in [9.17, 15) is 31.9 Å². The van der Waals surface area contributed by atoms with Crippen molar-refractivity contribution in [3.63, 3.8) is 0 Å². The molecule has 3 heterocycles. The number of thiazole rings is 1. The summed E-state index contributed by atoms with van der Waals surface area (Å²) in [4.78, 5) is 41.0. The molecule has 0 fully saturated rings. The Morgan fingerprint density at radius 1 is 1.24 bits per heavy atom. The Bertz CT molecular complexity index is 1530. The zero-order valence-electron chi connectivity index (χ0n) is 17.3. The van der Waals surface area contributed by atoms with Crippen molar-refractivity contribution in [2.45, 2.75) is 12.8 Å². The number of benzene rings is 1. The molecule has 0 aliphatic carbocycles. The van der Waals surface area contributed by atoms with Crippen LogP contribution < -0.4 is 21.3 Å². The topological polar surface area (TPSA) is 121 Å². The third-order valence-electron chi connectivity index (χ3n) is 4.68.